The van der Waals surface area contributed by atoms with Crippen molar-refractivity contribution in [2.45, 2.75) is 52.6 Å². The van der Waals surface area contributed by atoms with E-state index in [0.29, 0.717) is 0 Å². The van der Waals surface area contributed by atoms with Crippen molar-refractivity contribution in [2.24, 2.45) is 11.8 Å². The number of thiophene rings is 1. The highest BCUT2D eigenvalue weighted by Crippen LogP contribution is 2.27. The van der Waals surface area contributed by atoms with Crippen molar-refractivity contribution >= 4 is 11.3 Å². The topological polar surface area (TPSA) is 16.6 Å². The Morgan fingerprint density at radius 3 is 2.88 bits per heavy atom. The third-order valence-electron chi connectivity index (χ3n) is 4.34. The summed E-state index contributed by atoms with van der Waals surface area (Å²) in [5.41, 5.74) is 1.47. The Labute approximate surface area is 103 Å². The Bertz CT molecular complexity index is 331. The Balaban J connectivity index is 1.88. The summed E-state index contributed by atoms with van der Waals surface area (Å²) >= 11 is 1.91. The number of rotatable bonds is 3. The number of aryl methyl sites for hydroxylation is 1. The van der Waals surface area contributed by atoms with Gasteiger partial charge in [0.2, 0.25) is 0 Å². The molecule has 0 spiro atoms. The molecule has 1 aliphatic rings. The second kappa shape index (κ2) is 5.33. The van der Waals surface area contributed by atoms with Crippen molar-refractivity contribution < 1.29 is 5.32 Å². The fourth-order valence-corrected chi connectivity index (χ4v) is 3.71. The molecule has 2 rings (SSSR count). The highest BCUT2D eigenvalue weighted by atomic mass is 32.1. The Morgan fingerprint density at radius 1 is 1.38 bits per heavy atom. The predicted octanol–water partition coefficient (Wildman–Crippen LogP) is 2.94. The summed E-state index contributed by atoms with van der Waals surface area (Å²) in [6.07, 6.45) is 4.27. The van der Waals surface area contributed by atoms with Gasteiger partial charge >= 0.3 is 0 Å². The van der Waals surface area contributed by atoms with E-state index in [2.05, 4.69) is 37.5 Å². The van der Waals surface area contributed by atoms with Crippen LogP contribution in [0.1, 0.15) is 43.6 Å². The minimum absolute atomic E-state index is 0.852. The van der Waals surface area contributed by atoms with Gasteiger partial charge in [0.25, 0.3) is 0 Å². The van der Waals surface area contributed by atoms with E-state index < -0.39 is 0 Å². The van der Waals surface area contributed by atoms with Crippen LogP contribution in [0.2, 0.25) is 0 Å². The van der Waals surface area contributed by atoms with E-state index in [0.717, 1.165) is 17.9 Å². The molecule has 0 aromatic carbocycles. The molecule has 2 heteroatoms. The SMILES string of the molecule is Cc1ccsc1C[NH2+][C@H]1CCC[C@H](C)[C@@H]1C. The normalized spacial score (nSPS) is 30.6. The van der Waals surface area contributed by atoms with Gasteiger partial charge in [-0.25, -0.2) is 0 Å². The molecular formula is C14H24NS+. The van der Waals surface area contributed by atoms with Crippen molar-refractivity contribution in [3.8, 4) is 0 Å². The van der Waals surface area contributed by atoms with E-state index in [1.54, 1.807) is 4.88 Å². The molecule has 16 heavy (non-hydrogen) atoms. The lowest BCUT2D eigenvalue weighted by molar-refractivity contribution is -0.713. The van der Waals surface area contributed by atoms with Crippen molar-refractivity contribution in [1.29, 1.82) is 0 Å². The molecule has 1 heterocycles. The number of nitrogens with two attached hydrogens (primary N) is 1. The maximum absolute atomic E-state index is 2.58. The van der Waals surface area contributed by atoms with Gasteiger partial charge in [-0.15, -0.1) is 11.3 Å². The minimum atomic E-state index is 0.852. The van der Waals surface area contributed by atoms with Crippen molar-refractivity contribution in [2.75, 3.05) is 0 Å². The van der Waals surface area contributed by atoms with Gasteiger partial charge in [-0.1, -0.05) is 13.8 Å². The van der Waals surface area contributed by atoms with E-state index in [1.165, 1.54) is 31.4 Å². The van der Waals surface area contributed by atoms with Gasteiger partial charge in [0, 0.05) is 5.92 Å². The molecule has 0 bridgehead atoms. The molecule has 90 valence electrons. The first kappa shape index (κ1) is 12.1. The lowest BCUT2D eigenvalue weighted by Crippen LogP contribution is -2.90. The third kappa shape index (κ3) is 2.67. The van der Waals surface area contributed by atoms with Crippen molar-refractivity contribution in [3.05, 3.63) is 21.9 Å². The van der Waals surface area contributed by atoms with Crippen LogP contribution in [0.4, 0.5) is 0 Å². The Kier molecular flexibility index (Phi) is 4.04. The quantitative estimate of drug-likeness (QED) is 0.834. The molecule has 1 aromatic rings. The van der Waals surface area contributed by atoms with E-state index in [1.807, 2.05) is 11.3 Å². The first-order valence-electron chi connectivity index (χ1n) is 6.54. The molecule has 1 nitrogen and oxygen atoms in total. The zero-order valence-electron chi connectivity index (χ0n) is 10.7. The first-order valence-corrected chi connectivity index (χ1v) is 7.42. The smallest absolute Gasteiger partial charge is 0.111 e. The molecule has 0 saturated heterocycles. The summed E-state index contributed by atoms with van der Waals surface area (Å²) in [5, 5.41) is 4.80. The van der Waals surface area contributed by atoms with E-state index >= 15 is 0 Å². The van der Waals surface area contributed by atoms with Crippen LogP contribution in [-0.2, 0) is 6.54 Å². The molecule has 0 unspecified atom stereocenters. The highest BCUT2D eigenvalue weighted by molar-refractivity contribution is 7.10. The maximum Gasteiger partial charge on any atom is 0.111 e. The summed E-state index contributed by atoms with van der Waals surface area (Å²) in [6.45, 7) is 8.27. The van der Waals surface area contributed by atoms with Crippen molar-refractivity contribution in [1.82, 2.24) is 0 Å². The maximum atomic E-state index is 2.58. The number of quaternary nitrogens is 1. The summed E-state index contributed by atoms with van der Waals surface area (Å²) < 4.78 is 0. The van der Waals surface area contributed by atoms with Gasteiger partial charge in [0.15, 0.2) is 0 Å². The molecular weight excluding hydrogens is 214 g/mol. The molecule has 2 N–H and O–H groups in total. The van der Waals surface area contributed by atoms with E-state index in [-0.39, 0.29) is 0 Å². The van der Waals surface area contributed by atoms with Crippen LogP contribution >= 0.6 is 11.3 Å². The monoisotopic (exact) mass is 238 g/mol. The molecule has 3 atom stereocenters. The van der Waals surface area contributed by atoms with Gasteiger partial charge in [-0.3, -0.25) is 0 Å². The van der Waals surface area contributed by atoms with Gasteiger partial charge in [0.05, 0.1) is 10.9 Å². The fourth-order valence-electron chi connectivity index (χ4n) is 2.83. The van der Waals surface area contributed by atoms with Crippen molar-refractivity contribution in [3.63, 3.8) is 0 Å². The van der Waals surface area contributed by atoms with Gasteiger partial charge in [-0.2, -0.15) is 0 Å². The summed E-state index contributed by atoms with van der Waals surface area (Å²) in [7, 11) is 0. The number of hydrogen-bond donors (Lipinski definition) is 1. The van der Waals surface area contributed by atoms with E-state index in [9.17, 15) is 0 Å². The molecule has 0 aliphatic heterocycles. The van der Waals surface area contributed by atoms with Crippen LogP contribution in [-0.4, -0.2) is 6.04 Å². The van der Waals surface area contributed by atoms with Crippen LogP contribution in [0.25, 0.3) is 0 Å². The van der Waals surface area contributed by atoms with Gasteiger partial charge < -0.3 is 5.32 Å². The van der Waals surface area contributed by atoms with Crippen LogP contribution in [0.15, 0.2) is 11.4 Å². The standard InChI is InChI=1S/C14H23NS/c1-10-5-4-6-13(12(10)3)15-9-14-11(2)7-8-16-14/h7-8,10,12-13,15H,4-6,9H2,1-3H3/p+1/t10-,12-,13-/m0/s1. The fraction of sp³-hybridized carbons (Fsp3) is 0.714. The summed E-state index contributed by atoms with van der Waals surface area (Å²) in [6, 6.07) is 3.09. The average Bonchev–Trinajstić information content (AvgIpc) is 2.67. The van der Waals surface area contributed by atoms with Gasteiger partial charge in [0.1, 0.15) is 6.54 Å². The molecule has 0 radical (unpaired) electrons. The predicted molar refractivity (Wildman–Crippen MR) is 70.7 cm³/mol. The molecule has 1 saturated carbocycles. The molecule has 0 amide bonds. The molecule has 1 fully saturated rings. The zero-order chi connectivity index (χ0) is 11.5. The van der Waals surface area contributed by atoms with Crippen LogP contribution < -0.4 is 5.32 Å². The van der Waals surface area contributed by atoms with Gasteiger partial charge in [-0.05, 0) is 49.1 Å². The van der Waals surface area contributed by atoms with E-state index in [4.69, 9.17) is 0 Å². The molecule has 1 aliphatic carbocycles. The Hall–Kier alpha value is -0.340. The Morgan fingerprint density at radius 2 is 2.19 bits per heavy atom. The number of hydrogen-bond acceptors (Lipinski definition) is 1. The largest absolute Gasteiger partial charge is 0.339 e. The lowest BCUT2D eigenvalue weighted by atomic mass is 9.78. The second-order valence-corrected chi connectivity index (χ2v) is 6.40. The third-order valence-corrected chi connectivity index (χ3v) is 5.39. The highest BCUT2D eigenvalue weighted by Gasteiger charge is 2.29. The first-order chi connectivity index (χ1) is 7.68. The summed E-state index contributed by atoms with van der Waals surface area (Å²) in [4.78, 5) is 1.56. The average molecular weight is 238 g/mol. The lowest BCUT2D eigenvalue weighted by Gasteiger charge is -2.32. The zero-order valence-corrected chi connectivity index (χ0v) is 11.5. The van der Waals surface area contributed by atoms with Crippen LogP contribution in [0, 0.1) is 18.8 Å². The second-order valence-electron chi connectivity index (χ2n) is 5.40. The molecule has 1 aromatic heterocycles. The minimum Gasteiger partial charge on any atom is -0.339 e. The van der Waals surface area contributed by atoms with Crippen LogP contribution in [0.3, 0.4) is 0 Å². The summed E-state index contributed by atoms with van der Waals surface area (Å²) in [5.74, 6) is 1.80. The van der Waals surface area contributed by atoms with Crippen LogP contribution in [0.5, 0.6) is 0 Å².